The lowest BCUT2D eigenvalue weighted by atomic mass is 10.1. The van der Waals surface area contributed by atoms with E-state index < -0.39 is 0 Å². The highest BCUT2D eigenvalue weighted by Crippen LogP contribution is 2.34. The molecule has 0 fully saturated rings. The van der Waals surface area contributed by atoms with E-state index in [0.29, 0.717) is 29.5 Å². The lowest BCUT2D eigenvalue weighted by molar-refractivity contribution is 0.399. The van der Waals surface area contributed by atoms with Crippen molar-refractivity contribution in [1.82, 2.24) is 19.7 Å². The molecule has 1 unspecified atom stereocenters. The molecule has 3 heterocycles. The summed E-state index contributed by atoms with van der Waals surface area (Å²) in [5, 5.41) is 19.8. The maximum Gasteiger partial charge on any atom is 0.222 e. The summed E-state index contributed by atoms with van der Waals surface area (Å²) < 4.78 is 7.21. The van der Waals surface area contributed by atoms with Gasteiger partial charge >= 0.3 is 0 Å². The van der Waals surface area contributed by atoms with Crippen LogP contribution in [0.15, 0.2) is 36.7 Å². The Labute approximate surface area is 177 Å². The van der Waals surface area contributed by atoms with E-state index in [1.54, 1.807) is 24.9 Å². The van der Waals surface area contributed by atoms with Crippen LogP contribution >= 0.6 is 0 Å². The van der Waals surface area contributed by atoms with Crippen LogP contribution in [0.3, 0.4) is 0 Å². The third-order valence-electron chi connectivity index (χ3n) is 4.85. The fourth-order valence-electron chi connectivity index (χ4n) is 3.08. The van der Waals surface area contributed by atoms with E-state index in [-0.39, 0.29) is 6.04 Å². The second-order valence-electron chi connectivity index (χ2n) is 7.25. The second-order valence-corrected chi connectivity index (χ2v) is 7.25. The van der Waals surface area contributed by atoms with Gasteiger partial charge in [0, 0.05) is 25.5 Å². The average molecular weight is 408 g/mol. The lowest BCUT2D eigenvalue weighted by Gasteiger charge is -2.21. The van der Waals surface area contributed by atoms with Crippen molar-refractivity contribution in [3.8, 4) is 17.1 Å². The van der Waals surface area contributed by atoms with E-state index in [0.717, 1.165) is 29.1 Å². The molecule has 0 saturated heterocycles. The van der Waals surface area contributed by atoms with Crippen LogP contribution in [-0.2, 0) is 13.6 Å². The number of rotatable bonds is 9. The Balaban J connectivity index is 2.10. The van der Waals surface area contributed by atoms with Crippen molar-refractivity contribution in [3.05, 3.63) is 48.0 Å². The molecule has 3 aromatic heterocycles. The van der Waals surface area contributed by atoms with Crippen molar-refractivity contribution in [1.29, 1.82) is 5.41 Å². The number of nitrogens with zero attached hydrogens (tertiary/aromatic N) is 4. The fourth-order valence-corrected chi connectivity index (χ4v) is 3.08. The van der Waals surface area contributed by atoms with Crippen LogP contribution in [0.25, 0.3) is 11.3 Å². The zero-order valence-electron chi connectivity index (χ0n) is 18.2. The minimum Gasteiger partial charge on any atom is -0.481 e. The molecular weight excluding hydrogens is 378 g/mol. The van der Waals surface area contributed by atoms with E-state index in [9.17, 15) is 0 Å². The molecule has 0 radical (unpaired) electrons. The minimum absolute atomic E-state index is 0.235. The lowest BCUT2D eigenvalue weighted by Crippen LogP contribution is -2.19. The molecule has 0 amide bonds. The number of nitrogens with one attached hydrogen (secondary N) is 3. The zero-order valence-corrected chi connectivity index (χ0v) is 18.2. The van der Waals surface area contributed by atoms with Crippen LogP contribution in [0.5, 0.6) is 5.88 Å². The normalized spacial score (nSPS) is 11.8. The third-order valence-corrected chi connectivity index (χ3v) is 4.85. The summed E-state index contributed by atoms with van der Waals surface area (Å²) in [5.41, 5.74) is 5.06. The first-order valence-electron chi connectivity index (χ1n) is 10.0. The smallest absolute Gasteiger partial charge is 0.222 e. The molecule has 158 valence electrons. The average Bonchev–Trinajstić information content (AvgIpc) is 3.17. The molecule has 0 aliphatic carbocycles. The van der Waals surface area contributed by atoms with Crippen molar-refractivity contribution < 1.29 is 4.74 Å². The Morgan fingerprint density at radius 3 is 2.77 bits per heavy atom. The van der Waals surface area contributed by atoms with Crippen LogP contribution in [0.2, 0.25) is 0 Å². The van der Waals surface area contributed by atoms with Gasteiger partial charge in [0.1, 0.15) is 5.69 Å². The topological polar surface area (TPSA) is 101 Å². The summed E-state index contributed by atoms with van der Waals surface area (Å²) >= 11 is 0. The molecule has 1 atom stereocenters. The molecule has 8 nitrogen and oxygen atoms in total. The van der Waals surface area contributed by atoms with Gasteiger partial charge < -0.3 is 20.8 Å². The standard InChI is InChI=1S/C22H29N7O/c1-6-14(2)26-21-19(25-13-16-9-11-29(4)28-16)12-18(27-20(21)15(3)23)17-8-7-10-24-22(17)30-5/h7-12,14,23,26H,6,13H2,1-5H3,(H,25,27). The summed E-state index contributed by atoms with van der Waals surface area (Å²) in [5.74, 6) is 0.497. The SMILES string of the molecule is CCC(C)Nc1c(NCc2ccn(C)n2)cc(-c2cccnc2OC)nc1C(C)=N. The summed E-state index contributed by atoms with van der Waals surface area (Å²) in [4.78, 5) is 9.08. The highest BCUT2D eigenvalue weighted by molar-refractivity contribution is 6.03. The molecule has 0 spiro atoms. The first-order valence-corrected chi connectivity index (χ1v) is 10.0. The molecule has 0 aliphatic heterocycles. The Morgan fingerprint density at radius 1 is 1.33 bits per heavy atom. The van der Waals surface area contributed by atoms with Crippen molar-refractivity contribution >= 4 is 17.1 Å². The van der Waals surface area contributed by atoms with Gasteiger partial charge in [0.2, 0.25) is 5.88 Å². The van der Waals surface area contributed by atoms with Crippen LogP contribution in [-0.4, -0.2) is 38.6 Å². The first-order chi connectivity index (χ1) is 14.4. The third kappa shape index (κ3) is 4.76. The molecule has 0 aromatic carbocycles. The summed E-state index contributed by atoms with van der Waals surface area (Å²) in [6.07, 6.45) is 4.56. The largest absolute Gasteiger partial charge is 0.481 e. The number of methoxy groups -OCH3 is 1. The van der Waals surface area contributed by atoms with Gasteiger partial charge in [0.15, 0.2) is 0 Å². The quantitative estimate of drug-likeness (QED) is 0.462. The van der Waals surface area contributed by atoms with Crippen molar-refractivity contribution in [2.75, 3.05) is 17.7 Å². The van der Waals surface area contributed by atoms with Gasteiger partial charge in [-0.15, -0.1) is 0 Å². The molecule has 8 heteroatoms. The Morgan fingerprint density at radius 2 is 2.13 bits per heavy atom. The highest BCUT2D eigenvalue weighted by atomic mass is 16.5. The molecule has 30 heavy (non-hydrogen) atoms. The van der Waals surface area contributed by atoms with Gasteiger partial charge in [-0.2, -0.15) is 5.10 Å². The maximum atomic E-state index is 8.34. The summed E-state index contributed by atoms with van der Waals surface area (Å²) in [7, 11) is 3.49. The maximum absolute atomic E-state index is 8.34. The Hall–Kier alpha value is -3.42. The van der Waals surface area contributed by atoms with Crippen LogP contribution in [0, 0.1) is 5.41 Å². The molecule has 0 aliphatic rings. The predicted molar refractivity (Wildman–Crippen MR) is 120 cm³/mol. The van der Waals surface area contributed by atoms with Crippen molar-refractivity contribution in [2.45, 2.75) is 39.8 Å². The molecule has 0 bridgehead atoms. The van der Waals surface area contributed by atoms with E-state index in [4.69, 9.17) is 15.1 Å². The molecule has 3 N–H and O–H groups in total. The monoisotopic (exact) mass is 407 g/mol. The van der Waals surface area contributed by atoms with Gasteiger partial charge in [0.05, 0.1) is 47.7 Å². The van der Waals surface area contributed by atoms with Crippen LogP contribution in [0.1, 0.15) is 38.6 Å². The Bertz CT molecular complexity index is 1030. The van der Waals surface area contributed by atoms with Gasteiger partial charge in [-0.1, -0.05) is 6.92 Å². The van der Waals surface area contributed by atoms with E-state index in [1.807, 2.05) is 37.5 Å². The summed E-state index contributed by atoms with van der Waals surface area (Å²) in [6.45, 7) is 6.54. The van der Waals surface area contributed by atoms with Crippen molar-refractivity contribution in [3.63, 3.8) is 0 Å². The minimum atomic E-state index is 0.235. The van der Waals surface area contributed by atoms with Gasteiger partial charge in [0.25, 0.3) is 0 Å². The number of anilines is 2. The van der Waals surface area contributed by atoms with Gasteiger partial charge in [-0.25, -0.2) is 9.97 Å². The second kappa shape index (κ2) is 9.39. The number of aromatic nitrogens is 4. The Kier molecular flexibility index (Phi) is 6.66. The number of ether oxygens (including phenoxy) is 1. The highest BCUT2D eigenvalue weighted by Gasteiger charge is 2.19. The van der Waals surface area contributed by atoms with E-state index in [1.165, 1.54) is 0 Å². The van der Waals surface area contributed by atoms with Crippen molar-refractivity contribution in [2.24, 2.45) is 7.05 Å². The predicted octanol–water partition coefficient (Wildman–Crippen LogP) is 4.10. The number of pyridine rings is 2. The first kappa shape index (κ1) is 21.3. The van der Waals surface area contributed by atoms with E-state index >= 15 is 0 Å². The molecule has 0 saturated carbocycles. The van der Waals surface area contributed by atoms with Crippen LogP contribution in [0.4, 0.5) is 11.4 Å². The van der Waals surface area contributed by atoms with E-state index in [2.05, 4.69) is 34.6 Å². The molecule has 3 rings (SSSR count). The van der Waals surface area contributed by atoms with Gasteiger partial charge in [-0.05, 0) is 44.5 Å². The van der Waals surface area contributed by atoms with Gasteiger partial charge in [-0.3, -0.25) is 4.68 Å². The molecule has 3 aromatic rings. The molecular formula is C22H29N7O. The number of aryl methyl sites for hydroxylation is 1. The summed E-state index contributed by atoms with van der Waals surface area (Å²) in [6, 6.07) is 7.95. The number of hydrogen-bond donors (Lipinski definition) is 3. The van der Waals surface area contributed by atoms with Crippen LogP contribution < -0.4 is 15.4 Å². The zero-order chi connectivity index (χ0) is 21.7. The fraction of sp³-hybridized carbons (Fsp3) is 0.364. The number of hydrogen-bond acceptors (Lipinski definition) is 7.